The summed E-state index contributed by atoms with van der Waals surface area (Å²) in [5, 5.41) is 10.6. The van der Waals surface area contributed by atoms with Gasteiger partial charge in [0.1, 0.15) is 10.7 Å². The average molecular weight is 358 g/mol. The number of thiazole rings is 1. The Bertz CT molecular complexity index is 856. The Morgan fingerprint density at radius 2 is 2.20 bits per heavy atom. The highest BCUT2D eigenvalue weighted by molar-refractivity contribution is 7.13. The van der Waals surface area contributed by atoms with E-state index in [1.807, 2.05) is 11.4 Å². The number of rotatable bonds is 5. The molecule has 1 aliphatic heterocycles. The summed E-state index contributed by atoms with van der Waals surface area (Å²) < 4.78 is 10.7. The number of benzene rings is 1. The van der Waals surface area contributed by atoms with E-state index in [-0.39, 0.29) is 5.91 Å². The molecule has 7 nitrogen and oxygen atoms in total. The van der Waals surface area contributed by atoms with E-state index in [0.29, 0.717) is 23.4 Å². The van der Waals surface area contributed by atoms with Gasteiger partial charge in [0.2, 0.25) is 0 Å². The van der Waals surface area contributed by atoms with Crippen molar-refractivity contribution in [3.05, 3.63) is 35.3 Å². The largest absolute Gasteiger partial charge is 0.379 e. The molecule has 1 saturated heterocycles. The predicted molar refractivity (Wildman–Crippen MR) is 94.7 cm³/mol. The van der Waals surface area contributed by atoms with Gasteiger partial charge in [0.25, 0.3) is 5.91 Å². The van der Waals surface area contributed by atoms with E-state index in [2.05, 4.69) is 20.4 Å². The predicted octanol–water partition coefficient (Wildman–Crippen LogP) is 2.01. The van der Waals surface area contributed by atoms with Gasteiger partial charge in [-0.1, -0.05) is 5.16 Å². The van der Waals surface area contributed by atoms with Crippen LogP contribution in [0.15, 0.2) is 34.3 Å². The molecule has 4 rings (SSSR count). The van der Waals surface area contributed by atoms with Crippen LogP contribution in [0.5, 0.6) is 0 Å². The Morgan fingerprint density at radius 3 is 3.00 bits per heavy atom. The number of fused-ring (bicyclic) bond motifs is 1. The highest BCUT2D eigenvalue weighted by Gasteiger charge is 2.15. The van der Waals surface area contributed by atoms with Gasteiger partial charge in [0.15, 0.2) is 5.58 Å². The number of nitrogens with one attached hydrogen (secondary N) is 1. The fraction of sp³-hybridized carbons (Fsp3) is 0.353. The van der Waals surface area contributed by atoms with Crippen LogP contribution in [-0.2, 0) is 4.74 Å². The van der Waals surface area contributed by atoms with Gasteiger partial charge in [-0.2, -0.15) is 0 Å². The molecule has 0 unspecified atom stereocenters. The molecule has 3 aromatic rings. The highest BCUT2D eigenvalue weighted by atomic mass is 32.1. The Hall–Kier alpha value is -2.29. The van der Waals surface area contributed by atoms with Gasteiger partial charge in [0, 0.05) is 43.3 Å². The number of carbonyl (C=O) groups is 1. The lowest BCUT2D eigenvalue weighted by Gasteiger charge is -2.26. The van der Waals surface area contributed by atoms with Crippen LogP contribution in [0.25, 0.3) is 21.7 Å². The summed E-state index contributed by atoms with van der Waals surface area (Å²) in [6.07, 6.45) is 1.73. The molecule has 0 spiro atoms. The average Bonchev–Trinajstić information content (AvgIpc) is 3.31. The van der Waals surface area contributed by atoms with E-state index < -0.39 is 0 Å². The van der Waals surface area contributed by atoms with Crippen LogP contribution in [0.3, 0.4) is 0 Å². The third-order valence-corrected chi connectivity index (χ3v) is 4.97. The van der Waals surface area contributed by atoms with Crippen molar-refractivity contribution in [3.63, 3.8) is 0 Å². The number of carbonyl (C=O) groups excluding carboxylic acids is 1. The van der Waals surface area contributed by atoms with Crippen molar-refractivity contribution >= 4 is 28.2 Å². The molecule has 0 saturated carbocycles. The molecule has 1 aliphatic rings. The second-order valence-corrected chi connectivity index (χ2v) is 6.68. The van der Waals surface area contributed by atoms with Gasteiger partial charge in [-0.25, -0.2) is 4.98 Å². The van der Waals surface area contributed by atoms with E-state index in [1.165, 1.54) is 11.3 Å². The third-order valence-electron chi connectivity index (χ3n) is 4.19. The van der Waals surface area contributed by atoms with Crippen LogP contribution >= 0.6 is 11.3 Å². The Kier molecular flexibility index (Phi) is 4.73. The normalized spacial score (nSPS) is 15.5. The summed E-state index contributed by atoms with van der Waals surface area (Å²) in [4.78, 5) is 18.9. The number of morpholine rings is 1. The SMILES string of the molecule is O=C(NCCN1CCOCC1)c1ccc2c(-c3nccs3)noc2c1. The van der Waals surface area contributed by atoms with Gasteiger partial charge >= 0.3 is 0 Å². The maximum atomic E-state index is 12.3. The fourth-order valence-electron chi connectivity index (χ4n) is 2.83. The van der Waals surface area contributed by atoms with Crippen LogP contribution in [0.4, 0.5) is 0 Å². The lowest BCUT2D eigenvalue weighted by Crippen LogP contribution is -2.41. The summed E-state index contributed by atoms with van der Waals surface area (Å²) in [5.41, 5.74) is 1.87. The number of amides is 1. The molecule has 1 fully saturated rings. The summed E-state index contributed by atoms with van der Waals surface area (Å²) >= 11 is 1.50. The summed E-state index contributed by atoms with van der Waals surface area (Å²) in [7, 11) is 0. The Labute approximate surface area is 148 Å². The molecule has 0 atom stereocenters. The van der Waals surface area contributed by atoms with E-state index in [0.717, 1.165) is 43.2 Å². The second kappa shape index (κ2) is 7.30. The van der Waals surface area contributed by atoms with E-state index in [1.54, 1.807) is 18.3 Å². The fourth-order valence-corrected chi connectivity index (χ4v) is 3.46. The van der Waals surface area contributed by atoms with Gasteiger partial charge in [-0.05, 0) is 18.2 Å². The zero-order chi connectivity index (χ0) is 17.1. The molecule has 0 aliphatic carbocycles. The van der Waals surface area contributed by atoms with Crippen molar-refractivity contribution in [2.75, 3.05) is 39.4 Å². The maximum Gasteiger partial charge on any atom is 0.251 e. The number of ether oxygens (including phenoxy) is 1. The number of nitrogens with zero attached hydrogens (tertiary/aromatic N) is 3. The number of aromatic nitrogens is 2. The van der Waals surface area contributed by atoms with Crippen LogP contribution in [-0.4, -0.2) is 60.3 Å². The van der Waals surface area contributed by atoms with Crippen LogP contribution in [0.1, 0.15) is 10.4 Å². The quantitative estimate of drug-likeness (QED) is 0.751. The van der Waals surface area contributed by atoms with E-state index >= 15 is 0 Å². The van der Waals surface area contributed by atoms with Crippen molar-refractivity contribution in [1.82, 2.24) is 20.4 Å². The van der Waals surface area contributed by atoms with Gasteiger partial charge in [-0.15, -0.1) is 11.3 Å². The Balaban J connectivity index is 1.41. The maximum absolute atomic E-state index is 12.3. The lowest BCUT2D eigenvalue weighted by molar-refractivity contribution is 0.0383. The molecule has 0 radical (unpaired) electrons. The summed E-state index contributed by atoms with van der Waals surface area (Å²) in [6, 6.07) is 5.38. The summed E-state index contributed by atoms with van der Waals surface area (Å²) in [5.74, 6) is -0.109. The van der Waals surface area contributed by atoms with Crippen molar-refractivity contribution < 1.29 is 14.1 Å². The molecule has 3 heterocycles. The first-order valence-electron chi connectivity index (χ1n) is 8.19. The minimum absolute atomic E-state index is 0.109. The standard InChI is InChI=1S/C17H18N4O3S/c22-16(18-3-5-21-6-8-23-9-7-21)12-1-2-13-14(11-12)24-20-15(13)17-19-4-10-25-17/h1-2,4,10-11H,3,5-9H2,(H,18,22). The van der Waals surface area contributed by atoms with Gasteiger partial charge in [0.05, 0.1) is 18.6 Å². The van der Waals surface area contributed by atoms with Crippen molar-refractivity contribution in [2.24, 2.45) is 0 Å². The smallest absolute Gasteiger partial charge is 0.251 e. The minimum atomic E-state index is -0.109. The van der Waals surface area contributed by atoms with Gasteiger partial charge < -0.3 is 14.6 Å². The van der Waals surface area contributed by atoms with Crippen molar-refractivity contribution in [3.8, 4) is 10.7 Å². The van der Waals surface area contributed by atoms with Crippen LogP contribution in [0, 0.1) is 0 Å². The van der Waals surface area contributed by atoms with E-state index in [9.17, 15) is 4.79 Å². The zero-order valence-electron chi connectivity index (χ0n) is 13.6. The monoisotopic (exact) mass is 358 g/mol. The first-order valence-corrected chi connectivity index (χ1v) is 9.07. The van der Waals surface area contributed by atoms with Crippen LogP contribution < -0.4 is 5.32 Å². The summed E-state index contributed by atoms with van der Waals surface area (Å²) in [6.45, 7) is 4.79. The minimum Gasteiger partial charge on any atom is -0.379 e. The number of hydrogen-bond acceptors (Lipinski definition) is 7. The molecule has 1 N–H and O–H groups in total. The highest BCUT2D eigenvalue weighted by Crippen LogP contribution is 2.29. The molecule has 130 valence electrons. The number of hydrogen-bond donors (Lipinski definition) is 1. The molecule has 25 heavy (non-hydrogen) atoms. The molecule has 1 amide bonds. The third kappa shape index (κ3) is 3.55. The second-order valence-electron chi connectivity index (χ2n) is 5.79. The topological polar surface area (TPSA) is 80.5 Å². The zero-order valence-corrected chi connectivity index (χ0v) is 14.4. The molecular weight excluding hydrogens is 340 g/mol. The molecular formula is C17H18N4O3S. The van der Waals surface area contributed by atoms with Crippen molar-refractivity contribution in [1.29, 1.82) is 0 Å². The van der Waals surface area contributed by atoms with E-state index in [4.69, 9.17) is 9.26 Å². The first kappa shape index (κ1) is 16.2. The molecule has 2 aromatic heterocycles. The van der Waals surface area contributed by atoms with Crippen LogP contribution in [0.2, 0.25) is 0 Å². The molecule has 8 heteroatoms. The molecule has 1 aromatic carbocycles. The van der Waals surface area contributed by atoms with Crippen molar-refractivity contribution in [2.45, 2.75) is 0 Å². The Morgan fingerprint density at radius 1 is 1.32 bits per heavy atom. The first-order chi connectivity index (χ1) is 12.3. The molecule has 0 bridgehead atoms. The lowest BCUT2D eigenvalue weighted by atomic mass is 10.1. The van der Waals surface area contributed by atoms with Gasteiger partial charge in [-0.3, -0.25) is 9.69 Å².